The van der Waals surface area contributed by atoms with Crippen molar-refractivity contribution in [2.75, 3.05) is 16.4 Å². The van der Waals surface area contributed by atoms with Gasteiger partial charge in [-0.1, -0.05) is 29.3 Å². The summed E-state index contributed by atoms with van der Waals surface area (Å²) in [4.78, 5) is 24.9. The van der Waals surface area contributed by atoms with E-state index in [-0.39, 0.29) is 10.6 Å². The molecule has 0 heterocycles. The molecule has 190 valence electrons. The van der Waals surface area contributed by atoms with Crippen LogP contribution in [0.15, 0.2) is 47.4 Å². The molecular weight excluding hydrogens is 560 g/mol. The number of hydrogen-bond donors (Lipinski definition) is 2. The first-order valence-corrected chi connectivity index (χ1v) is 11.3. The number of rotatable bonds is 6. The molecule has 14 heteroatoms. The normalized spacial score (nSPS) is 11.4. The van der Waals surface area contributed by atoms with E-state index >= 15 is 0 Å². The topological polar surface area (TPSA) is 58.2 Å². The molecule has 0 atom stereocenters. The van der Waals surface area contributed by atoms with Gasteiger partial charge in [-0.3, -0.25) is 9.59 Å². The maximum atomic E-state index is 14.0. The Morgan fingerprint density at radius 2 is 1.50 bits per heavy atom. The summed E-state index contributed by atoms with van der Waals surface area (Å²) in [5.74, 6) is -12.5. The number of hydrogen-bond acceptors (Lipinski definition) is 3. The van der Waals surface area contributed by atoms with Gasteiger partial charge in [0, 0.05) is 15.6 Å². The van der Waals surface area contributed by atoms with Crippen molar-refractivity contribution in [1.82, 2.24) is 0 Å². The summed E-state index contributed by atoms with van der Waals surface area (Å²) in [6.45, 7) is 0. The van der Waals surface area contributed by atoms with Crippen LogP contribution in [0.1, 0.15) is 15.9 Å². The number of anilines is 2. The molecule has 0 bridgehead atoms. The molecule has 0 spiro atoms. The molecule has 0 saturated carbocycles. The van der Waals surface area contributed by atoms with Crippen LogP contribution in [0.3, 0.4) is 0 Å². The number of halogens is 9. The van der Waals surface area contributed by atoms with Gasteiger partial charge in [-0.25, -0.2) is 17.6 Å². The van der Waals surface area contributed by atoms with Crippen molar-refractivity contribution in [2.24, 2.45) is 0 Å². The fourth-order valence-corrected chi connectivity index (χ4v) is 4.10. The Labute approximate surface area is 212 Å². The molecule has 2 N–H and O–H groups in total. The summed E-state index contributed by atoms with van der Waals surface area (Å²) in [7, 11) is 0. The maximum Gasteiger partial charge on any atom is 0.422 e. The van der Waals surface area contributed by atoms with Gasteiger partial charge < -0.3 is 10.6 Å². The molecule has 3 rings (SSSR count). The van der Waals surface area contributed by atoms with Crippen molar-refractivity contribution in [3.05, 3.63) is 86.9 Å². The Balaban J connectivity index is 1.69. The second kappa shape index (κ2) is 11.0. The number of carbonyl (C=O) groups excluding carboxylic acids is 2. The van der Waals surface area contributed by atoms with Crippen LogP contribution in [0, 0.1) is 23.3 Å². The first-order valence-electron chi connectivity index (χ1n) is 9.51. The van der Waals surface area contributed by atoms with Gasteiger partial charge >= 0.3 is 6.18 Å². The van der Waals surface area contributed by atoms with Gasteiger partial charge in [-0.2, -0.15) is 13.2 Å². The van der Waals surface area contributed by atoms with Crippen LogP contribution < -0.4 is 10.6 Å². The Morgan fingerprint density at radius 1 is 0.861 bits per heavy atom. The van der Waals surface area contributed by atoms with Gasteiger partial charge in [0.15, 0.2) is 23.3 Å². The summed E-state index contributed by atoms with van der Waals surface area (Å²) in [6, 6.07) is 10.2. The molecule has 0 aromatic heterocycles. The second-order valence-corrected chi connectivity index (χ2v) is 8.84. The average molecular weight is 571 g/mol. The van der Waals surface area contributed by atoms with E-state index in [0.717, 1.165) is 11.8 Å². The van der Waals surface area contributed by atoms with E-state index in [0.29, 0.717) is 15.6 Å². The van der Waals surface area contributed by atoms with Crippen LogP contribution in [0.5, 0.6) is 0 Å². The molecule has 0 aliphatic rings. The molecule has 0 radical (unpaired) electrons. The van der Waals surface area contributed by atoms with Gasteiger partial charge in [0.05, 0.1) is 16.3 Å². The zero-order valence-corrected chi connectivity index (χ0v) is 19.7. The van der Waals surface area contributed by atoms with E-state index in [1.54, 1.807) is 0 Å². The first kappa shape index (κ1) is 27.6. The third-order valence-electron chi connectivity index (χ3n) is 4.45. The van der Waals surface area contributed by atoms with Gasteiger partial charge in [-0.15, -0.1) is 11.8 Å². The highest BCUT2D eigenvalue weighted by Crippen LogP contribution is 2.38. The minimum Gasteiger partial charge on any atom is -0.322 e. The van der Waals surface area contributed by atoms with Gasteiger partial charge in [-0.05, 0) is 36.4 Å². The van der Waals surface area contributed by atoms with Gasteiger partial charge in [0.1, 0.15) is 11.3 Å². The molecular formula is C22H11Cl2F7N2O2S. The van der Waals surface area contributed by atoms with E-state index in [4.69, 9.17) is 23.2 Å². The van der Waals surface area contributed by atoms with Crippen LogP contribution in [-0.4, -0.2) is 17.6 Å². The van der Waals surface area contributed by atoms with Crippen molar-refractivity contribution < 1.29 is 40.3 Å². The molecule has 4 nitrogen and oxygen atoms in total. The quantitative estimate of drug-likeness (QED) is 0.183. The summed E-state index contributed by atoms with van der Waals surface area (Å²) >= 11 is 12.6. The monoisotopic (exact) mass is 570 g/mol. The molecule has 36 heavy (non-hydrogen) atoms. The van der Waals surface area contributed by atoms with E-state index in [1.165, 1.54) is 47.8 Å². The lowest BCUT2D eigenvalue weighted by atomic mass is 10.1. The average Bonchev–Trinajstić information content (AvgIpc) is 2.78. The molecule has 0 unspecified atom stereocenters. The minimum absolute atomic E-state index is 0.109. The zero-order valence-electron chi connectivity index (χ0n) is 17.4. The van der Waals surface area contributed by atoms with E-state index in [1.807, 2.05) is 0 Å². The number of alkyl halides is 3. The van der Waals surface area contributed by atoms with Crippen LogP contribution in [-0.2, 0) is 11.0 Å². The predicted molar refractivity (Wildman–Crippen MR) is 121 cm³/mol. The van der Waals surface area contributed by atoms with Gasteiger partial charge in [0.25, 0.3) is 5.91 Å². The summed E-state index contributed by atoms with van der Waals surface area (Å²) in [5, 5.41) is 4.55. The fraction of sp³-hybridized carbons (Fsp3) is 0.0909. The lowest BCUT2D eigenvalue weighted by Crippen LogP contribution is -2.21. The Kier molecular flexibility index (Phi) is 8.42. The summed E-state index contributed by atoms with van der Waals surface area (Å²) < 4.78 is 93.4. The lowest BCUT2D eigenvalue weighted by Gasteiger charge is -2.14. The Hall–Kier alpha value is -2.96. The standard InChI is InChI=1S/C22H11Cl2F7N2O2S/c23-9-4-5-12(13(24)6-9)21(35)32-10-2-1-3-11(7-10)36-8-14(34)33-20-18(27)16(25)15(22(29,30)31)17(26)19(20)28/h1-7H,8H2,(H,32,35)(H,33,34). The minimum atomic E-state index is -5.70. The van der Waals surface area contributed by atoms with E-state index in [9.17, 15) is 40.3 Å². The maximum absolute atomic E-state index is 14.0. The van der Waals surface area contributed by atoms with Crippen molar-refractivity contribution in [1.29, 1.82) is 0 Å². The number of carbonyl (C=O) groups is 2. The van der Waals surface area contributed by atoms with Crippen molar-refractivity contribution in [3.8, 4) is 0 Å². The van der Waals surface area contributed by atoms with Crippen molar-refractivity contribution in [3.63, 3.8) is 0 Å². The predicted octanol–water partition coefficient (Wildman–Crippen LogP) is 7.55. The van der Waals surface area contributed by atoms with E-state index in [2.05, 4.69) is 5.32 Å². The number of benzene rings is 3. The molecule has 0 fully saturated rings. The molecule has 0 aliphatic heterocycles. The van der Waals surface area contributed by atoms with Gasteiger partial charge in [0.2, 0.25) is 5.91 Å². The molecule has 0 aliphatic carbocycles. The molecule has 2 amide bonds. The summed E-state index contributed by atoms with van der Waals surface area (Å²) in [5.41, 5.74) is -4.01. The lowest BCUT2D eigenvalue weighted by molar-refractivity contribution is -0.143. The van der Waals surface area contributed by atoms with E-state index < -0.39 is 58.3 Å². The Bertz CT molecular complexity index is 1320. The third kappa shape index (κ3) is 6.23. The van der Waals surface area contributed by atoms with Crippen LogP contribution in [0.2, 0.25) is 10.0 Å². The number of nitrogens with one attached hydrogen (secondary N) is 2. The highest BCUT2D eigenvalue weighted by Gasteiger charge is 2.42. The third-order valence-corrected chi connectivity index (χ3v) is 5.99. The first-order chi connectivity index (χ1) is 16.8. The largest absolute Gasteiger partial charge is 0.422 e. The zero-order chi connectivity index (χ0) is 26.8. The van der Waals surface area contributed by atoms with Crippen molar-refractivity contribution in [2.45, 2.75) is 11.1 Å². The highest BCUT2D eigenvalue weighted by atomic mass is 35.5. The SMILES string of the molecule is O=C(CSc1cccc(NC(=O)c2ccc(Cl)cc2Cl)c1)Nc1c(F)c(F)c(C(F)(F)F)c(F)c1F. The van der Waals surface area contributed by atoms with Crippen molar-refractivity contribution >= 4 is 58.2 Å². The molecule has 3 aromatic rings. The second-order valence-electron chi connectivity index (χ2n) is 6.95. The summed E-state index contributed by atoms with van der Waals surface area (Å²) in [6.07, 6.45) is -5.70. The molecule has 3 aromatic carbocycles. The van der Waals surface area contributed by atoms with Crippen LogP contribution in [0.4, 0.5) is 42.1 Å². The van der Waals surface area contributed by atoms with Crippen LogP contribution in [0.25, 0.3) is 0 Å². The smallest absolute Gasteiger partial charge is 0.322 e. The number of thioether (sulfide) groups is 1. The van der Waals surface area contributed by atoms with Crippen LogP contribution >= 0.6 is 35.0 Å². The molecule has 0 saturated heterocycles. The number of amides is 2. The fourth-order valence-electron chi connectivity index (χ4n) is 2.85. The Morgan fingerprint density at radius 3 is 2.08 bits per heavy atom. The highest BCUT2D eigenvalue weighted by molar-refractivity contribution is 8.00.